The van der Waals surface area contributed by atoms with Crippen molar-refractivity contribution < 1.29 is 0 Å². The van der Waals surface area contributed by atoms with E-state index in [1.165, 1.54) is 0 Å². The third-order valence-electron chi connectivity index (χ3n) is 1.98. The molecule has 0 aromatic rings. The molecule has 0 amide bonds. The van der Waals surface area contributed by atoms with Crippen LogP contribution < -0.4 is 0 Å². The van der Waals surface area contributed by atoms with Crippen molar-refractivity contribution in [1.29, 1.82) is 0 Å². The maximum absolute atomic E-state index is 2.48. The fraction of sp³-hybridized carbons (Fsp3) is 1.00. The summed E-state index contributed by atoms with van der Waals surface area (Å²) in [6, 6.07) is 0. The van der Waals surface area contributed by atoms with Crippen LogP contribution in [0.2, 0.25) is 0 Å². The van der Waals surface area contributed by atoms with Crippen molar-refractivity contribution in [2.75, 3.05) is 26.7 Å². The third-order valence-corrected chi connectivity index (χ3v) is 3.71. The lowest BCUT2D eigenvalue weighted by Gasteiger charge is -2.31. The molecule has 0 aromatic heterocycles. The van der Waals surface area contributed by atoms with Gasteiger partial charge in [0.15, 0.2) is 0 Å². The van der Waals surface area contributed by atoms with Gasteiger partial charge in [0, 0.05) is 0 Å². The maximum Gasteiger partial charge on any atom is 0.116 e. The van der Waals surface area contributed by atoms with Gasteiger partial charge >= 0.3 is 0 Å². The molecule has 0 aromatic carbocycles. The summed E-state index contributed by atoms with van der Waals surface area (Å²) in [7, 11) is 2.16. The summed E-state index contributed by atoms with van der Waals surface area (Å²) >= 11 is 2.48. The summed E-state index contributed by atoms with van der Waals surface area (Å²) in [4.78, 5) is 4.78. The summed E-state index contributed by atoms with van der Waals surface area (Å²) in [5, 5.41) is 0. The number of alkyl halides is 1. The van der Waals surface area contributed by atoms with Crippen LogP contribution >= 0.6 is 22.6 Å². The minimum atomic E-state index is 0.549. The first-order valence-corrected chi connectivity index (χ1v) is 5.50. The molecule has 0 aliphatic carbocycles. The molecule has 0 rings (SSSR count). The fourth-order valence-electron chi connectivity index (χ4n) is 0.954. The summed E-state index contributed by atoms with van der Waals surface area (Å²) in [5.74, 6) is 0. The highest BCUT2D eigenvalue weighted by atomic mass is 127. The highest BCUT2D eigenvalue weighted by Crippen LogP contribution is 2.10. The Bertz CT molecular complexity index is 94.1. The van der Waals surface area contributed by atoms with E-state index in [4.69, 9.17) is 0 Å². The van der Waals surface area contributed by atoms with E-state index >= 15 is 0 Å². The molecule has 0 aliphatic rings. The first kappa shape index (κ1) is 11.6. The zero-order chi connectivity index (χ0) is 8.85. The molecule has 0 spiro atoms. The smallest absolute Gasteiger partial charge is 0.116 e. The molecule has 0 saturated carbocycles. The molecule has 0 radical (unpaired) electrons. The zero-order valence-corrected chi connectivity index (χ0v) is 10.1. The van der Waals surface area contributed by atoms with Crippen LogP contribution in [-0.2, 0) is 0 Å². The van der Waals surface area contributed by atoms with Crippen molar-refractivity contribution in [2.24, 2.45) is 0 Å². The monoisotopic (exact) mass is 270 g/mol. The first-order valence-electron chi connectivity index (χ1n) is 4.25. The highest BCUT2D eigenvalue weighted by molar-refractivity contribution is 14.1. The van der Waals surface area contributed by atoms with Gasteiger partial charge in [-0.3, -0.25) is 9.80 Å². The van der Waals surface area contributed by atoms with Crippen LogP contribution in [0.25, 0.3) is 0 Å². The Hall–Kier alpha value is 0.650. The van der Waals surface area contributed by atoms with Gasteiger partial charge in [0.2, 0.25) is 0 Å². The molecule has 1 unspecified atom stereocenters. The van der Waals surface area contributed by atoms with Crippen LogP contribution in [0.3, 0.4) is 0 Å². The van der Waals surface area contributed by atoms with Crippen LogP contribution in [0.15, 0.2) is 0 Å². The maximum atomic E-state index is 2.48. The van der Waals surface area contributed by atoms with Gasteiger partial charge < -0.3 is 0 Å². The second-order valence-corrected chi connectivity index (χ2v) is 3.72. The Morgan fingerprint density at radius 2 is 1.55 bits per heavy atom. The van der Waals surface area contributed by atoms with Crippen LogP contribution in [0, 0.1) is 0 Å². The Kier molecular flexibility index (Phi) is 6.56. The van der Waals surface area contributed by atoms with E-state index in [-0.39, 0.29) is 0 Å². The SMILES string of the molecule is CCN(C)C(I)N(CC)CC. The standard InChI is InChI=1S/C8H19IN2/c1-5-10(4)8(9)11(6-2)7-3/h8H,5-7H2,1-4H3. The topological polar surface area (TPSA) is 6.48 Å². The Morgan fingerprint density at radius 3 is 1.82 bits per heavy atom. The molecule has 2 nitrogen and oxygen atoms in total. The fourth-order valence-corrected chi connectivity index (χ4v) is 2.14. The summed E-state index contributed by atoms with van der Waals surface area (Å²) < 4.78 is 0.549. The number of rotatable bonds is 5. The molecule has 0 aliphatic heterocycles. The molecular formula is C8H19IN2. The average molecular weight is 270 g/mol. The minimum absolute atomic E-state index is 0.549. The van der Waals surface area contributed by atoms with Gasteiger partial charge in [-0.25, -0.2) is 0 Å². The Morgan fingerprint density at radius 1 is 1.09 bits per heavy atom. The van der Waals surface area contributed by atoms with E-state index in [0.717, 1.165) is 19.6 Å². The number of hydrogen-bond donors (Lipinski definition) is 0. The van der Waals surface area contributed by atoms with E-state index in [9.17, 15) is 0 Å². The van der Waals surface area contributed by atoms with Crippen molar-refractivity contribution in [2.45, 2.75) is 24.9 Å². The average Bonchev–Trinajstić information content (AvgIpc) is 2.05. The number of halogens is 1. The molecule has 0 N–H and O–H groups in total. The number of nitrogens with zero attached hydrogens (tertiary/aromatic N) is 2. The van der Waals surface area contributed by atoms with Crippen molar-refractivity contribution in [3.8, 4) is 0 Å². The largest absolute Gasteiger partial charge is 0.283 e. The van der Waals surface area contributed by atoms with Crippen molar-refractivity contribution >= 4 is 22.6 Å². The van der Waals surface area contributed by atoms with Crippen LogP contribution in [-0.4, -0.2) is 40.7 Å². The van der Waals surface area contributed by atoms with Gasteiger partial charge in [0.25, 0.3) is 0 Å². The lowest BCUT2D eigenvalue weighted by atomic mass is 10.5. The molecule has 11 heavy (non-hydrogen) atoms. The second kappa shape index (κ2) is 6.20. The predicted molar refractivity (Wildman–Crippen MR) is 59.0 cm³/mol. The molecule has 3 heteroatoms. The van der Waals surface area contributed by atoms with Crippen LogP contribution in [0.5, 0.6) is 0 Å². The number of hydrogen-bond acceptors (Lipinski definition) is 2. The molecule has 0 saturated heterocycles. The van der Waals surface area contributed by atoms with E-state index in [1.54, 1.807) is 0 Å². The first-order chi connectivity index (χ1) is 5.17. The normalized spacial score (nSPS) is 14.5. The minimum Gasteiger partial charge on any atom is -0.283 e. The van der Waals surface area contributed by atoms with Gasteiger partial charge in [0.05, 0.1) is 0 Å². The molecule has 0 fully saturated rings. The van der Waals surface area contributed by atoms with Crippen LogP contribution in [0.4, 0.5) is 0 Å². The van der Waals surface area contributed by atoms with Crippen molar-refractivity contribution in [3.63, 3.8) is 0 Å². The van der Waals surface area contributed by atoms with Gasteiger partial charge in [-0.1, -0.05) is 20.8 Å². The van der Waals surface area contributed by atoms with E-state index < -0.39 is 0 Å². The Labute approximate surface area is 84.1 Å². The Balaban J connectivity index is 3.86. The van der Waals surface area contributed by atoms with Gasteiger partial charge in [-0.15, -0.1) is 0 Å². The van der Waals surface area contributed by atoms with Crippen molar-refractivity contribution in [1.82, 2.24) is 9.80 Å². The summed E-state index contributed by atoms with van der Waals surface area (Å²) in [6.07, 6.45) is 0. The lowest BCUT2D eigenvalue weighted by molar-refractivity contribution is 0.156. The zero-order valence-electron chi connectivity index (χ0n) is 7.97. The molecule has 68 valence electrons. The van der Waals surface area contributed by atoms with Gasteiger partial charge in [0.1, 0.15) is 4.17 Å². The second-order valence-electron chi connectivity index (χ2n) is 2.61. The van der Waals surface area contributed by atoms with E-state index in [0.29, 0.717) is 4.17 Å². The van der Waals surface area contributed by atoms with E-state index in [2.05, 4.69) is 60.2 Å². The summed E-state index contributed by atoms with van der Waals surface area (Å²) in [6.45, 7) is 9.99. The summed E-state index contributed by atoms with van der Waals surface area (Å²) in [5.41, 5.74) is 0. The third kappa shape index (κ3) is 3.71. The van der Waals surface area contributed by atoms with Gasteiger partial charge in [-0.05, 0) is 49.3 Å². The molecule has 0 bridgehead atoms. The molecule has 1 atom stereocenters. The quantitative estimate of drug-likeness (QED) is 0.326. The highest BCUT2D eigenvalue weighted by Gasteiger charge is 2.14. The molecular weight excluding hydrogens is 251 g/mol. The van der Waals surface area contributed by atoms with Crippen molar-refractivity contribution in [3.05, 3.63) is 0 Å². The van der Waals surface area contributed by atoms with Gasteiger partial charge in [-0.2, -0.15) is 0 Å². The van der Waals surface area contributed by atoms with Crippen LogP contribution in [0.1, 0.15) is 20.8 Å². The van der Waals surface area contributed by atoms with E-state index in [1.807, 2.05) is 0 Å². The predicted octanol–water partition coefficient (Wildman–Crippen LogP) is 2.00. The lowest BCUT2D eigenvalue weighted by Crippen LogP contribution is -2.42. The molecule has 0 heterocycles.